The number of hydrogen-bond donors (Lipinski definition) is 1. The fourth-order valence-electron chi connectivity index (χ4n) is 1.53. The zero-order valence-corrected chi connectivity index (χ0v) is 12.9. The number of halogens is 1. The predicted octanol–water partition coefficient (Wildman–Crippen LogP) is 4.30. The van der Waals surface area contributed by atoms with Crippen molar-refractivity contribution in [2.75, 3.05) is 16.8 Å². The lowest BCUT2D eigenvalue weighted by atomic mass is 10.2. The van der Waals surface area contributed by atoms with Crippen molar-refractivity contribution >= 4 is 39.1 Å². The third kappa shape index (κ3) is 4.86. The zero-order valence-electron chi connectivity index (χ0n) is 10.5. The molecule has 0 saturated heterocycles. The van der Waals surface area contributed by atoms with Crippen molar-refractivity contribution in [3.63, 3.8) is 0 Å². The van der Waals surface area contributed by atoms with Crippen LogP contribution in [0, 0.1) is 10.1 Å². The van der Waals surface area contributed by atoms with Crippen LogP contribution >= 0.6 is 27.7 Å². The first-order chi connectivity index (χ1) is 8.54. The van der Waals surface area contributed by atoms with Gasteiger partial charge in [-0.2, -0.15) is 11.8 Å². The molecule has 0 radical (unpaired) electrons. The molecule has 100 valence electrons. The van der Waals surface area contributed by atoms with E-state index in [0.717, 1.165) is 22.4 Å². The van der Waals surface area contributed by atoms with Gasteiger partial charge in [0.1, 0.15) is 5.69 Å². The van der Waals surface area contributed by atoms with Crippen LogP contribution in [-0.2, 0) is 0 Å². The molecule has 0 saturated carbocycles. The molecule has 0 heterocycles. The van der Waals surface area contributed by atoms with Crippen molar-refractivity contribution in [1.29, 1.82) is 0 Å². The zero-order chi connectivity index (χ0) is 13.5. The summed E-state index contributed by atoms with van der Waals surface area (Å²) >= 11 is 5.21. The number of rotatable bonds is 7. The highest BCUT2D eigenvalue weighted by atomic mass is 79.9. The van der Waals surface area contributed by atoms with Crippen molar-refractivity contribution in [3.05, 3.63) is 32.8 Å². The highest BCUT2D eigenvalue weighted by Crippen LogP contribution is 2.28. The number of anilines is 1. The minimum absolute atomic E-state index is 0.119. The largest absolute Gasteiger partial charge is 0.377 e. The summed E-state index contributed by atoms with van der Waals surface area (Å²) in [6.45, 7) is 4.17. The van der Waals surface area contributed by atoms with Crippen molar-refractivity contribution in [2.45, 2.75) is 26.3 Å². The van der Waals surface area contributed by atoms with Gasteiger partial charge in [-0.3, -0.25) is 10.1 Å². The quantitative estimate of drug-likeness (QED) is 0.459. The number of nitro benzene ring substituents is 1. The molecule has 1 unspecified atom stereocenters. The van der Waals surface area contributed by atoms with E-state index in [9.17, 15) is 10.1 Å². The molecule has 0 aliphatic rings. The number of thioether (sulfide) groups is 1. The number of nitrogens with one attached hydrogen (secondary N) is 1. The van der Waals surface area contributed by atoms with Crippen LogP contribution in [0.4, 0.5) is 11.4 Å². The lowest BCUT2D eigenvalue weighted by Gasteiger charge is -2.15. The van der Waals surface area contributed by atoms with Crippen LogP contribution in [0.25, 0.3) is 0 Å². The van der Waals surface area contributed by atoms with Gasteiger partial charge in [0.25, 0.3) is 5.69 Å². The topological polar surface area (TPSA) is 55.2 Å². The van der Waals surface area contributed by atoms with Gasteiger partial charge in [-0.05, 0) is 37.0 Å². The third-order valence-corrected chi connectivity index (χ3v) is 3.88. The first kappa shape index (κ1) is 15.3. The second-order valence-corrected chi connectivity index (χ2v) is 6.26. The van der Waals surface area contributed by atoms with E-state index in [-0.39, 0.29) is 16.7 Å². The Labute approximate surface area is 120 Å². The summed E-state index contributed by atoms with van der Waals surface area (Å²) in [4.78, 5) is 10.6. The maximum atomic E-state index is 10.9. The smallest absolute Gasteiger partial charge is 0.292 e. The molecule has 4 nitrogen and oxygen atoms in total. The van der Waals surface area contributed by atoms with Crippen LogP contribution in [0.15, 0.2) is 22.7 Å². The van der Waals surface area contributed by atoms with Gasteiger partial charge >= 0.3 is 0 Å². The number of hydrogen-bond acceptors (Lipinski definition) is 4. The molecule has 0 aliphatic heterocycles. The highest BCUT2D eigenvalue weighted by molar-refractivity contribution is 9.10. The van der Waals surface area contributed by atoms with E-state index in [0.29, 0.717) is 5.69 Å². The molecule has 0 spiro atoms. The molecular weight excluding hydrogens is 316 g/mol. The number of nitrogens with zero attached hydrogens (tertiary/aromatic N) is 1. The van der Waals surface area contributed by atoms with E-state index in [1.165, 1.54) is 6.07 Å². The highest BCUT2D eigenvalue weighted by Gasteiger charge is 2.15. The molecule has 0 aliphatic carbocycles. The summed E-state index contributed by atoms with van der Waals surface area (Å²) in [6.07, 6.45) is 0.988. The van der Waals surface area contributed by atoms with Crippen molar-refractivity contribution in [1.82, 2.24) is 0 Å². The molecule has 0 bridgehead atoms. The molecule has 1 rings (SSSR count). The Morgan fingerprint density at radius 2 is 2.28 bits per heavy atom. The van der Waals surface area contributed by atoms with Crippen molar-refractivity contribution in [2.24, 2.45) is 0 Å². The molecular formula is C12H17BrN2O2S. The van der Waals surface area contributed by atoms with Crippen LogP contribution in [0.5, 0.6) is 0 Å². The molecule has 1 atom stereocenters. The van der Waals surface area contributed by atoms with Gasteiger partial charge in [0.2, 0.25) is 0 Å². The molecule has 0 fully saturated rings. The SMILES string of the molecule is CCSCCC(C)Nc1cc(Br)ccc1[N+](=O)[O-]. The molecule has 1 aromatic carbocycles. The van der Waals surface area contributed by atoms with Crippen LogP contribution in [-0.4, -0.2) is 22.5 Å². The fraction of sp³-hybridized carbons (Fsp3) is 0.500. The standard InChI is InChI=1S/C12H17BrN2O2S/c1-3-18-7-6-9(2)14-11-8-10(13)4-5-12(11)15(16)17/h4-5,8-9,14H,3,6-7H2,1-2H3. The van der Waals surface area contributed by atoms with E-state index in [1.807, 2.05) is 18.7 Å². The molecule has 6 heteroatoms. The number of benzene rings is 1. The molecule has 18 heavy (non-hydrogen) atoms. The van der Waals surface area contributed by atoms with E-state index < -0.39 is 0 Å². The van der Waals surface area contributed by atoms with E-state index in [4.69, 9.17) is 0 Å². The normalized spacial score (nSPS) is 12.2. The Kier molecular flexibility index (Phi) is 6.49. The monoisotopic (exact) mass is 332 g/mol. The lowest BCUT2D eigenvalue weighted by molar-refractivity contribution is -0.384. The van der Waals surface area contributed by atoms with Gasteiger partial charge in [0.05, 0.1) is 4.92 Å². The Morgan fingerprint density at radius 1 is 1.56 bits per heavy atom. The molecule has 0 aromatic heterocycles. The van der Waals surface area contributed by atoms with E-state index in [1.54, 1.807) is 12.1 Å². The van der Waals surface area contributed by atoms with Crippen LogP contribution in [0.3, 0.4) is 0 Å². The van der Waals surface area contributed by atoms with E-state index in [2.05, 4.69) is 28.2 Å². The Hall–Kier alpha value is -0.750. The summed E-state index contributed by atoms with van der Waals surface area (Å²) in [5, 5.41) is 14.1. The summed E-state index contributed by atoms with van der Waals surface area (Å²) in [5.41, 5.74) is 0.691. The minimum atomic E-state index is -0.359. The Bertz CT molecular complexity index is 415. The molecule has 1 N–H and O–H groups in total. The second kappa shape index (κ2) is 7.63. The average Bonchev–Trinajstić information content (AvgIpc) is 2.29. The third-order valence-electron chi connectivity index (χ3n) is 2.46. The average molecular weight is 333 g/mol. The van der Waals surface area contributed by atoms with Gasteiger partial charge in [-0.1, -0.05) is 22.9 Å². The predicted molar refractivity (Wildman–Crippen MR) is 81.5 cm³/mol. The summed E-state index contributed by atoms with van der Waals surface area (Å²) in [6, 6.07) is 5.17. The second-order valence-electron chi connectivity index (χ2n) is 3.95. The van der Waals surface area contributed by atoms with Crippen LogP contribution in [0.1, 0.15) is 20.3 Å². The van der Waals surface area contributed by atoms with Gasteiger partial charge < -0.3 is 5.32 Å². The first-order valence-corrected chi connectivity index (χ1v) is 7.77. The Balaban J connectivity index is 2.70. The Morgan fingerprint density at radius 3 is 2.89 bits per heavy atom. The van der Waals surface area contributed by atoms with Crippen molar-refractivity contribution < 1.29 is 4.92 Å². The van der Waals surface area contributed by atoms with Crippen LogP contribution < -0.4 is 5.32 Å². The first-order valence-electron chi connectivity index (χ1n) is 5.82. The maximum Gasteiger partial charge on any atom is 0.292 e. The molecule has 0 amide bonds. The van der Waals surface area contributed by atoms with Gasteiger partial charge in [0.15, 0.2) is 0 Å². The summed E-state index contributed by atoms with van der Waals surface area (Å²) < 4.78 is 0.839. The summed E-state index contributed by atoms with van der Waals surface area (Å²) in [5.74, 6) is 2.16. The fourth-order valence-corrected chi connectivity index (χ4v) is 2.70. The summed E-state index contributed by atoms with van der Waals surface area (Å²) in [7, 11) is 0. The van der Waals surface area contributed by atoms with Crippen molar-refractivity contribution in [3.8, 4) is 0 Å². The van der Waals surface area contributed by atoms with Crippen LogP contribution in [0.2, 0.25) is 0 Å². The maximum absolute atomic E-state index is 10.9. The number of nitro groups is 1. The molecule has 1 aromatic rings. The minimum Gasteiger partial charge on any atom is -0.377 e. The van der Waals surface area contributed by atoms with Gasteiger partial charge in [-0.25, -0.2) is 0 Å². The van der Waals surface area contributed by atoms with Gasteiger partial charge in [0, 0.05) is 16.6 Å². The van der Waals surface area contributed by atoms with E-state index >= 15 is 0 Å². The van der Waals surface area contributed by atoms with Gasteiger partial charge in [-0.15, -0.1) is 0 Å². The lowest BCUT2D eigenvalue weighted by Crippen LogP contribution is -2.16.